The minimum atomic E-state index is 0.475. The van der Waals surface area contributed by atoms with Gasteiger partial charge < -0.3 is 10.5 Å². The van der Waals surface area contributed by atoms with Gasteiger partial charge in [-0.1, -0.05) is 33.8 Å². The van der Waals surface area contributed by atoms with Crippen molar-refractivity contribution in [1.82, 2.24) is 0 Å². The van der Waals surface area contributed by atoms with Crippen molar-refractivity contribution in [3.8, 4) is 11.5 Å². The predicted octanol–water partition coefficient (Wildman–Crippen LogP) is 6.40. The topological polar surface area (TPSA) is 35.2 Å². The predicted molar refractivity (Wildman–Crippen MR) is 99.5 cm³/mol. The quantitative estimate of drug-likeness (QED) is 0.627. The number of benzene rings is 2. The van der Waals surface area contributed by atoms with Crippen molar-refractivity contribution in [3.63, 3.8) is 0 Å². The first-order chi connectivity index (χ1) is 11.0. The largest absolute Gasteiger partial charge is 0.457 e. The Morgan fingerprint density at radius 2 is 1.43 bits per heavy atom. The van der Waals surface area contributed by atoms with E-state index in [9.17, 15) is 0 Å². The van der Waals surface area contributed by atoms with Crippen LogP contribution in [0.5, 0.6) is 11.5 Å². The van der Waals surface area contributed by atoms with Gasteiger partial charge in [-0.3, -0.25) is 0 Å². The number of rotatable bonds is 6. The molecule has 0 saturated heterocycles. The van der Waals surface area contributed by atoms with Crippen LogP contribution in [-0.4, -0.2) is 0 Å². The van der Waals surface area contributed by atoms with Gasteiger partial charge in [0.15, 0.2) is 0 Å². The average Bonchev–Trinajstić information content (AvgIpc) is 2.56. The molecule has 2 nitrogen and oxygen atoms in total. The molecule has 0 bridgehead atoms. The third-order valence-corrected chi connectivity index (χ3v) is 4.78. The number of hydrogen-bond donors (Lipinski definition) is 1. The smallest absolute Gasteiger partial charge is 0.131 e. The molecule has 0 saturated carbocycles. The van der Waals surface area contributed by atoms with E-state index in [0.29, 0.717) is 11.8 Å². The molecule has 0 amide bonds. The molecule has 124 valence electrons. The molecular weight excluding hydrogens is 282 g/mol. The lowest BCUT2D eigenvalue weighted by molar-refractivity contribution is 0.467. The highest BCUT2D eigenvalue weighted by Gasteiger charge is 2.21. The van der Waals surface area contributed by atoms with Gasteiger partial charge in [0.25, 0.3) is 0 Å². The van der Waals surface area contributed by atoms with Gasteiger partial charge in [-0.15, -0.1) is 0 Å². The van der Waals surface area contributed by atoms with E-state index in [0.717, 1.165) is 30.0 Å². The second kappa shape index (κ2) is 7.54. The fourth-order valence-corrected chi connectivity index (χ4v) is 3.05. The van der Waals surface area contributed by atoms with E-state index in [1.54, 1.807) is 0 Å². The van der Waals surface area contributed by atoms with Crippen LogP contribution in [0.3, 0.4) is 0 Å². The molecule has 0 fully saturated rings. The zero-order valence-electron chi connectivity index (χ0n) is 15.0. The van der Waals surface area contributed by atoms with Crippen molar-refractivity contribution < 1.29 is 4.74 Å². The van der Waals surface area contributed by atoms with E-state index in [1.165, 1.54) is 16.7 Å². The summed E-state index contributed by atoms with van der Waals surface area (Å²) < 4.78 is 6.22. The number of ether oxygens (including phenoxy) is 1. The van der Waals surface area contributed by atoms with Gasteiger partial charge >= 0.3 is 0 Å². The van der Waals surface area contributed by atoms with Gasteiger partial charge in [0, 0.05) is 11.3 Å². The molecule has 2 heteroatoms. The molecular formula is C21H29NO. The second-order valence-electron chi connectivity index (χ2n) is 6.50. The number of hydrogen-bond acceptors (Lipinski definition) is 2. The summed E-state index contributed by atoms with van der Waals surface area (Å²) in [4.78, 5) is 0. The maximum Gasteiger partial charge on any atom is 0.131 e. The molecule has 0 heterocycles. The van der Waals surface area contributed by atoms with Crippen LogP contribution in [0.1, 0.15) is 69.1 Å². The summed E-state index contributed by atoms with van der Waals surface area (Å²) in [6.45, 7) is 11.3. The van der Waals surface area contributed by atoms with Crippen molar-refractivity contribution in [1.29, 1.82) is 0 Å². The lowest BCUT2D eigenvalue weighted by Gasteiger charge is -2.25. The first kappa shape index (κ1) is 17.4. The molecule has 2 N–H and O–H groups in total. The highest BCUT2D eigenvalue weighted by Crippen LogP contribution is 2.40. The molecule has 2 unspecified atom stereocenters. The van der Waals surface area contributed by atoms with Gasteiger partial charge in [0.1, 0.15) is 11.5 Å². The molecule has 0 radical (unpaired) electrons. The zero-order valence-corrected chi connectivity index (χ0v) is 15.0. The van der Waals surface area contributed by atoms with Crippen LogP contribution in [0.15, 0.2) is 36.4 Å². The summed E-state index contributed by atoms with van der Waals surface area (Å²) in [5.41, 5.74) is 10.7. The maximum absolute atomic E-state index is 6.22. The van der Waals surface area contributed by atoms with Gasteiger partial charge in [0.2, 0.25) is 0 Å². The van der Waals surface area contributed by atoms with Gasteiger partial charge in [-0.25, -0.2) is 0 Å². The number of nitrogens with two attached hydrogens (primary N) is 1. The number of aryl methyl sites for hydroxylation is 1. The van der Waals surface area contributed by atoms with Gasteiger partial charge in [-0.05, 0) is 73.1 Å². The van der Waals surface area contributed by atoms with Gasteiger partial charge in [0.05, 0.1) is 0 Å². The Morgan fingerprint density at radius 1 is 0.870 bits per heavy atom. The Balaban J connectivity index is 2.51. The van der Waals surface area contributed by atoms with Crippen LogP contribution in [0, 0.1) is 6.92 Å². The van der Waals surface area contributed by atoms with Crippen molar-refractivity contribution in [2.75, 3.05) is 5.73 Å². The Hall–Kier alpha value is -1.96. The van der Waals surface area contributed by atoms with E-state index in [4.69, 9.17) is 10.5 Å². The van der Waals surface area contributed by atoms with Gasteiger partial charge in [-0.2, -0.15) is 0 Å². The summed E-state index contributed by atoms with van der Waals surface area (Å²) in [7, 11) is 0. The van der Waals surface area contributed by atoms with E-state index >= 15 is 0 Å². The Kier molecular flexibility index (Phi) is 5.70. The Labute approximate surface area is 140 Å². The van der Waals surface area contributed by atoms with Crippen LogP contribution in [0.25, 0.3) is 0 Å². The summed E-state index contributed by atoms with van der Waals surface area (Å²) in [5.74, 6) is 2.82. The number of anilines is 1. The van der Waals surface area contributed by atoms with E-state index in [-0.39, 0.29) is 0 Å². The van der Waals surface area contributed by atoms with Crippen LogP contribution in [0.4, 0.5) is 5.69 Å². The second-order valence-corrected chi connectivity index (χ2v) is 6.50. The molecule has 2 aromatic rings. The lowest BCUT2D eigenvalue weighted by Crippen LogP contribution is -2.07. The van der Waals surface area contributed by atoms with Crippen molar-refractivity contribution in [3.05, 3.63) is 53.1 Å². The molecule has 2 rings (SSSR count). The minimum absolute atomic E-state index is 0.475. The van der Waals surface area contributed by atoms with Crippen molar-refractivity contribution in [2.45, 2.75) is 59.3 Å². The SMILES string of the molecule is CCC(C)c1c(C)ccc(Oc2ccc(N)cc2)c1C(C)CC. The summed E-state index contributed by atoms with van der Waals surface area (Å²) >= 11 is 0. The average molecular weight is 311 g/mol. The highest BCUT2D eigenvalue weighted by molar-refractivity contribution is 5.51. The van der Waals surface area contributed by atoms with E-state index in [1.807, 2.05) is 24.3 Å². The van der Waals surface area contributed by atoms with E-state index < -0.39 is 0 Å². The van der Waals surface area contributed by atoms with Crippen molar-refractivity contribution >= 4 is 5.69 Å². The molecule has 0 aromatic heterocycles. The molecule has 0 aliphatic rings. The maximum atomic E-state index is 6.22. The highest BCUT2D eigenvalue weighted by atomic mass is 16.5. The summed E-state index contributed by atoms with van der Waals surface area (Å²) in [6.07, 6.45) is 2.24. The third-order valence-electron chi connectivity index (χ3n) is 4.78. The molecule has 0 aliphatic heterocycles. The van der Waals surface area contributed by atoms with E-state index in [2.05, 4.69) is 46.8 Å². The first-order valence-corrected chi connectivity index (χ1v) is 8.64. The number of nitrogen functional groups attached to an aromatic ring is 1. The molecule has 0 aliphatic carbocycles. The zero-order chi connectivity index (χ0) is 17.0. The van der Waals surface area contributed by atoms with Crippen LogP contribution in [-0.2, 0) is 0 Å². The Bertz CT molecular complexity index is 646. The van der Waals surface area contributed by atoms with Crippen LogP contribution in [0.2, 0.25) is 0 Å². The summed E-state index contributed by atoms with van der Waals surface area (Å²) in [5, 5.41) is 0. The van der Waals surface area contributed by atoms with Crippen LogP contribution >= 0.6 is 0 Å². The minimum Gasteiger partial charge on any atom is -0.457 e. The van der Waals surface area contributed by atoms with Crippen LogP contribution < -0.4 is 10.5 Å². The first-order valence-electron chi connectivity index (χ1n) is 8.64. The molecule has 2 atom stereocenters. The fourth-order valence-electron chi connectivity index (χ4n) is 3.05. The monoisotopic (exact) mass is 311 g/mol. The fraction of sp³-hybridized carbons (Fsp3) is 0.429. The Morgan fingerprint density at radius 3 is 2.00 bits per heavy atom. The lowest BCUT2D eigenvalue weighted by atomic mass is 9.83. The standard InChI is InChI=1S/C21H29NO/c1-6-14(3)20-16(5)8-13-19(21(20)15(4)7-2)23-18-11-9-17(22)10-12-18/h8-15H,6-7,22H2,1-5H3. The third kappa shape index (κ3) is 3.87. The summed E-state index contributed by atoms with van der Waals surface area (Å²) in [6, 6.07) is 11.9. The van der Waals surface area contributed by atoms with Crippen molar-refractivity contribution in [2.24, 2.45) is 0 Å². The molecule has 0 spiro atoms. The normalized spacial score (nSPS) is 13.6. The molecule has 23 heavy (non-hydrogen) atoms. The molecule has 2 aromatic carbocycles.